The molecule has 2 saturated heterocycles. The number of piperazine rings is 1. The Kier molecular flexibility index (Phi) is 6.17. The van der Waals surface area contributed by atoms with E-state index in [9.17, 15) is 23.9 Å². The van der Waals surface area contributed by atoms with Gasteiger partial charge >= 0.3 is 12.0 Å². The molecule has 1 aromatic carbocycles. The predicted molar refractivity (Wildman–Crippen MR) is 152 cm³/mol. The van der Waals surface area contributed by atoms with E-state index in [-0.39, 0.29) is 34.5 Å². The second kappa shape index (κ2) is 9.60. The number of carbonyl (C=O) groups excluding carboxylic acids is 2. The van der Waals surface area contributed by atoms with Gasteiger partial charge in [0.25, 0.3) is 0 Å². The first kappa shape index (κ1) is 27.0. The van der Waals surface area contributed by atoms with Crippen LogP contribution >= 0.6 is 11.3 Å². The van der Waals surface area contributed by atoms with Crippen LogP contribution in [-0.2, 0) is 9.59 Å². The molecule has 2 bridgehead atoms. The summed E-state index contributed by atoms with van der Waals surface area (Å²) in [7, 11) is 1.66. The molecule has 6 aliphatic rings. The molecule has 3 saturated carbocycles. The highest BCUT2D eigenvalue weighted by Crippen LogP contribution is 2.70. The fraction of sp³-hybridized carbons (Fsp3) is 0.483. The monoisotopic (exact) mass is 593 g/mol. The van der Waals surface area contributed by atoms with Crippen molar-refractivity contribution in [2.45, 2.75) is 43.8 Å². The van der Waals surface area contributed by atoms with Gasteiger partial charge in [0.05, 0.1) is 17.0 Å². The molecular weight excluding hydrogens is 561 g/mol. The number of carboxylic acids is 1. The molecule has 11 nitrogen and oxygen atoms in total. The second-order valence-corrected chi connectivity index (χ2v) is 13.0. The van der Waals surface area contributed by atoms with E-state index in [1.807, 2.05) is 15.2 Å². The lowest BCUT2D eigenvalue weighted by Gasteiger charge is -2.71. The highest BCUT2D eigenvalue weighted by atomic mass is 32.1. The number of aromatic nitrogens is 1. The van der Waals surface area contributed by atoms with Crippen LogP contribution in [0.5, 0.6) is 0 Å². The lowest BCUT2D eigenvalue weighted by Crippen LogP contribution is -2.78. The summed E-state index contributed by atoms with van der Waals surface area (Å²) in [5.41, 5.74) is 0.876. The number of thiazole rings is 1. The van der Waals surface area contributed by atoms with Crippen molar-refractivity contribution in [3.05, 3.63) is 63.0 Å². The van der Waals surface area contributed by atoms with Crippen molar-refractivity contribution >= 4 is 35.1 Å². The minimum Gasteiger partial charge on any atom is -0.478 e. The topological polar surface area (TPSA) is 130 Å². The van der Waals surface area contributed by atoms with E-state index in [1.165, 1.54) is 17.4 Å². The molecule has 2 atom stereocenters. The van der Waals surface area contributed by atoms with Gasteiger partial charge in [-0.3, -0.25) is 14.7 Å². The number of amides is 3. The zero-order valence-electron chi connectivity index (χ0n) is 23.4. The van der Waals surface area contributed by atoms with Gasteiger partial charge in [-0.1, -0.05) is 12.1 Å². The molecular formula is C29H32FN7O4S. The zero-order valence-corrected chi connectivity index (χ0v) is 24.2. The van der Waals surface area contributed by atoms with E-state index in [0.29, 0.717) is 79.7 Å². The number of urea groups is 1. The van der Waals surface area contributed by atoms with E-state index in [1.54, 1.807) is 32.3 Å². The number of benzene rings is 1. The van der Waals surface area contributed by atoms with Gasteiger partial charge in [0.2, 0.25) is 5.91 Å². The van der Waals surface area contributed by atoms with Crippen molar-refractivity contribution < 1.29 is 23.9 Å². The maximum atomic E-state index is 14.6. The average molecular weight is 594 g/mol. The lowest BCUT2D eigenvalue weighted by molar-refractivity contribution is -0.204. The van der Waals surface area contributed by atoms with E-state index in [0.717, 1.165) is 0 Å². The maximum absolute atomic E-state index is 14.6. The number of fused-ring (bicyclic) bond motifs is 1. The van der Waals surface area contributed by atoms with Crippen LogP contribution in [0.25, 0.3) is 0 Å². The molecule has 2 unspecified atom stereocenters. The normalized spacial score (nSPS) is 30.3. The van der Waals surface area contributed by atoms with Gasteiger partial charge in [0.15, 0.2) is 10.8 Å². The first-order valence-electron chi connectivity index (χ1n) is 14.1. The molecule has 8 rings (SSSR count). The number of nitrogens with one attached hydrogen (secondary N) is 2. The van der Waals surface area contributed by atoms with Crippen molar-refractivity contribution in [2.24, 2.45) is 10.4 Å². The fourth-order valence-corrected chi connectivity index (χ4v) is 8.22. The third kappa shape index (κ3) is 3.97. The Balaban J connectivity index is 1.13. The van der Waals surface area contributed by atoms with E-state index in [4.69, 9.17) is 4.99 Å². The quantitative estimate of drug-likeness (QED) is 0.448. The summed E-state index contributed by atoms with van der Waals surface area (Å²) in [6, 6.07) is 3.74. The number of nitrogens with zero attached hydrogens (tertiary/aromatic N) is 5. The van der Waals surface area contributed by atoms with Crippen LogP contribution in [0.15, 0.2) is 46.0 Å². The number of hydrogen-bond donors (Lipinski definition) is 3. The molecule has 42 heavy (non-hydrogen) atoms. The van der Waals surface area contributed by atoms with Crippen molar-refractivity contribution in [2.75, 3.05) is 39.8 Å². The summed E-state index contributed by atoms with van der Waals surface area (Å²) in [5.74, 6) is -1.02. The van der Waals surface area contributed by atoms with Crippen LogP contribution in [0.2, 0.25) is 0 Å². The summed E-state index contributed by atoms with van der Waals surface area (Å²) in [5, 5.41) is 18.8. The van der Waals surface area contributed by atoms with Crippen molar-refractivity contribution in [3.8, 4) is 0 Å². The molecule has 0 radical (unpaired) electrons. The fourth-order valence-electron chi connectivity index (χ4n) is 7.63. The molecule has 1 aromatic heterocycles. The van der Waals surface area contributed by atoms with Crippen LogP contribution in [0.1, 0.15) is 41.4 Å². The van der Waals surface area contributed by atoms with Gasteiger partial charge in [-0.25, -0.2) is 19.0 Å². The number of carboxylic acid groups (broad SMARTS) is 1. The molecule has 0 spiro atoms. The summed E-state index contributed by atoms with van der Waals surface area (Å²) < 4.78 is 14.6. The third-order valence-corrected chi connectivity index (χ3v) is 10.5. The molecule has 4 heterocycles. The van der Waals surface area contributed by atoms with Gasteiger partial charge in [0, 0.05) is 62.6 Å². The molecule has 3 aliphatic heterocycles. The van der Waals surface area contributed by atoms with Crippen molar-refractivity contribution in [1.82, 2.24) is 30.3 Å². The lowest BCUT2D eigenvalue weighted by atomic mass is 9.38. The number of aliphatic imine (C=N–C) groups is 1. The Labute approximate surface area is 246 Å². The molecule has 2 aromatic rings. The van der Waals surface area contributed by atoms with Gasteiger partial charge < -0.3 is 25.5 Å². The molecule has 5 fully saturated rings. The van der Waals surface area contributed by atoms with Crippen LogP contribution in [0.4, 0.5) is 9.18 Å². The first-order chi connectivity index (χ1) is 20.1. The van der Waals surface area contributed by atoms with Gasteiger partial charge in [0.1, 0.15) is 11.9 Å². The van der Waals surface area contributed by atoms with Crippen LogP contribution in [0, 0.1) is 18.2 Å². The Morgan fingerprint density at radius 3 is 2.71 bits per heavy atom. The van der Waals surface area contributed by atoms with Gasteiger partial charge in [-0.15, -0.1) is 11.3 Å². The van der Waals surface area contributed by atoms with Crippen LogP contribution < -0.4 is 10.6 Å². The number of halogens is 1. The third-order valence-electron chi connectivity index (χ3n) is 9.70. The van der Waals surface area contributed by atoms with E-state index >= 15 is 0 Å². The summed E-state index contributed by atoms with van der Waals surface area (Å²) in [4.78, 5) is 53.6. The Bertz CT molecular complexity index is 1540. The predicted octanol–water partition coefficient (Wildman–Crippen LogP) is 2.11. The molecule has 3 amide bonds. The standard InChI is InChI=1S/C29H32FN7O4S/c1-16-18(4-3-5-19(16)30)22-21(25(38)39)20(33-23(34-22)24-32-6-9-42-24)12-35-7-8-36-17(10-35)11-37(27(36)41)29-13-28(14-29,15-29)26(40)31-2/h3-6,9,17,22H,7-8,10-15H2,1-2H3,(H,31,40)(H,33,34)(H,38,39). The van der Waals surface area contributed by atoms with E-state index < -0.39 is 17.8 Å². The highest BCUT2D eigenvalue weighted by molar-refractivity contribution is 7.11. The number of aliphatic carboxylic acids is 1. The maximum Gasteiger partial charge on any atom is 0.335 e. The zero-order chi connectivity index (χ0) is 29.4. The Morgan fingerprint density at radius 1 is 1.24 bits per heavy atom. The Hall–Kier alpha value is -3.84. The Morgan fingerprint density at radius 2 is 2.02 bits per heavy atom. The number of carbonyl (C=O) groups is 3. The largest absolute Gasteiger partial charge is 0.478 e. The van der Waals surface area contributed by atoms with Gasteiger partial charge in [-0.05, 0) is 43.4 Å². The average Bonchev–Trinajstić information content (AvgIpc) is 3.57. The minimum atomic E-state index is -1.12. The molecule has 220 valence electrons. The van der Waals surface area contributed by atoms with E-state index in [2.05, 4.69) is 20.5 Å². The van der Waals surface area contributed by atoms with Crippen molar-refractivity contribution in [3.63, 3.8) is 0 Å². The SMILES string of the molecule is CNC(=O)C12CC(N3CC4CN(CC5=C(C(=O)O)C(c6cccc(F)c6C)N=C(c6nccs6)N5)CCN4C3=O)(C1)C2. The summed E-state index contributed by atoms with van der Waals surface area (Å²) >= 11 is 1.38. The van der Waals surface area contributed by atoms with Crippen LogP contribution in [-0.4, -0.2) is 99.9 Å². The first-order valence-corrected chi connectivity index (χ1v) is 15.0. The number of rotatable bonds is 7. The second-order valence-electron chi connectivity index (χ2n) is 12.1. The smallest absolute Gasteiger partial charge is 0.335 e. The number of hydrogen-bond acceptors (Lipinski definition) is 8. The minimum absolute atomic E-state index is 0.0259. The number of amidine groups is 1. The molecule has 3 aliphatic carbocycles. The molecule has 13 heteroatoms. The highest BCUT2D eigenvalue weighted by Gasteiger charge is 2.75. The van der Waals surface area contributed by atoms with Crippen molar-refractivity contribution in [1.29, 1.82) is 0 Å². The summed E-state index contributed by atoms with van der Waals surface area (Å²) in [6.45, 7) is 4.23. The summed E-state index contributed by atoms with van der Waals surface area (Å²) in [6.07, 6.45) is 3.81. The van der Waals surface area contributed by atoms with Gasteiger partial charge in [-0.2, -0.15) is 0 Å². The molecule has 3 N–H and O–H groups in total. The van der Waals surface area contributed by atoms with Crippen LogP contribution in [0.3, 0.4) is 0 Å².